The van der Waals surface area contributed by atoms with Gasteiger partial charge in [-0.2, -0.15) is 0 Å². The predicted molar refractivity (Wildman–Crippen MR) is 153 cm³/mol. The number of carbonyl (C=O) groups excluding carboxylic acids is 2. The molecule has 2 aliphatic rings. The molecule has 0 spiro atoms. The smallest absolute Gasteiger partial charge is 0.313 e. The van der Waals surface area contributed by atoms with E-state index in [-0.39, 0.29) is 6.04 Å². The third-order valence-corrected chi connectivity index (χ3v) is 9.32. The molecule has 1 aromatic carbocycles. The van der Waals surface area contributed by atoms with E-state index in [1.165, 1.54) is 15.9 Å². The number of benzene rings is 1. The summed E-state index contributed by atoms with van der Waals surface area (Å²) in [6.45, 7) is 9.16. The van der Waals surface area contributed by atoms with E-state index in [0.29, 0.717) is 42.2 Å². The number of anilines is 2. The molecule has 0 aliphatic carbocycles. The Hall–Kier alpha value is -3.04. The number of piperidine rings is 2. The van der Waals surface area contributed by atoms with Crippen LogP contribution >= 0.6 is 11.3 Å². The summed E-state index contributed by atoms with van der Waals surface area (Å²) in [5.41, 5.74) is 9.25. The van der Waals surface area contributed by atoms with Gasteiger partial charge in [-0.25, -0.2) is 9.97 Å². The Kier molecular flexibility index (Phi) is 7.68. The van der Waals surface area contributed by atoms with Crippen LogP contribution in [-0.2, 0) is 16.0 Å². The number of nitrogens with two attached hydrogens (primary N) is 1. The fourth-order valence-corrected chi connectivity index (χ4v) is 7.18. The van der Waals surface area contributed by atoms with Crippen LogP contribution in [0.25, 0.3) is 10.2 Å². The van der Waals surface area contributed by atoms with Gasteiger partial charge in [-0.15, -0.1) is 11.3 Å². The SMILES string of the molecule is CCc1cc(NC(=O)C(=O)N2C[C@@H](C)CC[C@@H]2c2ccc3sc([C@@H]4CCN(C)C[C@@H]4C)nc3c2)cnc1N. The highest BCUT2D eigenvalue weighted by atomic mass is 32.1. The van der Waals surface area contributed by atoms with Crippen LogP contribution < -0.4 is 11.1 Å². The molecule has 38 heavy (non-hydrogen) atoms. The van der Waals surface area contributed by atoms with Gasteiger partial charge in [0.05, 0.1) is 33.2 Å². The van der Waals surface area contributed by atoms with Gasteiger partial charge in [0.25, 0.3) is 0 Å². The van der Waals surface area contributed by atoms with Crippen LogP contribution in [-0.4, -0.2) is 58.3 Å². The molecule has 4 heterocycles. The number of aryl methyl sites for hydroxylation is 1. The van der Waals surface area contributed by atoms with E-state index in [2.05, 4.69) is 54.3 Å². The zero-order valence-corrected chi connectivity index (χ0v) is 23.6. The highest BCUT2D eigenvalue weighted by molar-refractivity contribution is 7.18. The average molecular weight is 535 g/mol. The zero-order chi connectivity index (χ0) is 27.0. The van der Waals surface area contributed by atoms with Crippen molar-refractivity contribution in [2.24, 2.45) is 11.8 Å². The van der Waals surface area contributed by atoms with E-state index in [1.54, 1.807) is 22.3 Å². The first-order valence-corrected chi connectivity index (χ1v) is 14.5. The second-order valence-corrected chi connectivity index (χ2v) is 12.2. The van der Waals surface area contributed by atoms with Gasteiger partial charge in [0.1, 0.15) is 5.82 Å². The lowest BCUT2D eigenvalue weighted by Crippen LogP contribution is -2.46. The summed E-state index contributed by atoms with van der Waals surface area (Å²) < 4.78 is 1.18. The maximum atomic E-state index is 13.4. The first-order valence-electron chi connectivity index (χ1n) is 13.7. The van der Waals surface area contributed by atoms with Crippen molar-refractivity contribution in [3.63, 3.8) is 0 Å². The standard InChI is InChI=1S/C29H38N6O2S/c1-5-19-12-21(14-31-26(19)30)32-27(36)29(37)35-15-17(2)6-8-24(35)20-7-9-25-23(13-20)33-28(38-25)22-10-11-34(4)16-18(22)3/h7,9,12-14,17-18,22,24H,5-6,8,10-11,15-16H2,1-4H3,(H2,30,31)(H,32,36)/t17-,18-,22+,24+/m0/s1. The molecule has 4 atom stereocenters. The summed E-state index contributed by atoms with van der Waals surface area (Å²) in [6, 6.07) is 8.00. The number of pyridine rings is 1. The van der Waals surface area contributed by atoms with Crippen molar-refractivity contribution in [2.75, 3.05) is 37.7 Å². The number of nitrogens with zero attached hydrogens (tertiary/aromatic N) is 4. The summed E-state index contributed by atoms with van der Waals surface area (Å²) in [5, 5.41) is 3.96. The molecule has 3 aromatic rings. The minimum absolute atomic E-state index is 0.156. The number of carbonyl (C=O) groups is 2. The predicted octanol–water partition coefficient (Wildman–Crippen LogP) is 4.83. The number of rotatable bonds is 4. The number of fused-ring (bicyclic) bond motifs is 1. The molecule has 2 aliphatic heterocycles. The second kappa shape index (κ2) is 11.0. The molecule has 0 bridgehead atoms. The molecule has 202 valence electrons. The minimum Gasteiger partial charge on any atom is -0.383 e. The lowest BCUT2D eigenvalue weighted by Gasteiger charge is -2.38. The Bertz CT molecular complexity index is 1340. The van der Waals surface area contributed by atoms with Gasteiger partial charge in [-0.05, 0) is 80.4 Å². The number of thiazole rings is 1. The molecule has 0 unspecified atom stereocenters. The van der Waals surface area contributed by atoms with Gasteiger partial charge in [0, 0.05) is 19.0 Å². The van der Waals surface area contributed by atoms with Crippen LogP contribution in [0, 0.1) is 11.8 Å². The Morgan fingerprint density at radius 3 is 2.74 bits per heavy atom. The molecule has 9 heteroatoms. The Morgan fingerprint density at radius 2 is 1.97 bits per heavy atom. The number of amides is 2. The molecule has 0 saturated carbocycles. The van der Waals surface area contributed by atoms with E-state index >= 15 is 0 Å². The van der Waals surface area contributed by atoms with Gasteiger partial charge < -0.3 is 20.9 Å². The monoisotopic (exact) mass is 534 g/mol. The molecular formula is C29H38N6O2S. The third-order valence-electron chi connectivity index (χ3n) is 8.15. The Morgan fingerprint density at radius 1 is 1.16 bits per heavy atom. The largest absolute Gasteiger partial charge is 0.383 e. The topological polar surface area (TPSA) is 104 Å². The molecule has 5 rings (SSSR count). The lowest BCUT2D eigenvalue weighted by molar-refractivity contribution is -0.146. The van der Waals surface area contributed by atoms with Crippen molar-refractivity contribution in [1.82, 2.24) is 19.8 Å². The number of nitrogens with one attached hydrogen (secondary N) is 1. The fourth-order valence-electron chi connectivity index (χ4n) is 5.96. The van der Waals surface area contributed by atoms with Crippen molar-refractivity contribution < 1.29 is 9.59 Å². The molecule has 2 amide bonds. The van der Waals surface area contributed by atoms with Gasteiger partial charge in [-0.3, -0.25) is 9.59 Å². The average Bonchev–Trinajstić information content (AvgIpc) is 3.32. The van der Waals surface area contributed by atoms with Crippen molar-refractivity contribution in [3.05, 3.63) is 46.6 Å². The number of aromatic nitrogens is 2. The number of hydrogen-bond acceptors (Lipinski definition) is 7. The molecule has 2 aromatic heterocycles. The van der Waals surface area contributed by atoms with Gasteiger partial charge in [0.2, 0.25) is 0 Å². The van der Waals surface area contributed by atoms with E-state index in [1.807, 2.05) is 6.92 Å². The first-order chi connectivity index (χ1) is 18.2. The van der Waals surface area contributed by atoms with Crippen LogP contribution in [0.2, 0.25) is 0 Å². The molecule has 3 N–H and O–H groups in total. The summed E-state index contributed by atoms with van der Waals surface area (Å²) in [4.78, 5) is 39.8. The summed E-state index contributed by atoms with van der Waals surface area (Å²) >= 11 is 1.79. The van der Waals surface area contributed by atoms with Gasteiger partial charge in [-0.1, -0.05) is 26.8 Å². The molecule has 8 nitrogen and oxygen atoms in total. The van der Waals surface area contributed by atoms with Gasteiger partial charge in [0.15, 0.2) is 0 Å². The van der Waals surface area contributed by atoms with Crippen LogP contribution in [0.1, 0.15) is 68.1 Å². The highest BCUT2D eigenvalue weighted by Gasteiger charge is 2.35. The second-order valence-electron chi connectivity index (χ2n) is 11.1. The lowest BCUT2D eigenvalue weighted by atomic mass is 9.87. The third kappa shape index (κ3) is 5.40. The normalized spacial score (nSPS) is 24.5. The number of hydrogen-bond donors (Lipinski definition) is 2. The molecule has 0 radical (unpaired) electrons. The van der Waals surface area contributed by atoms with Crippen LogP contribution in [0.4, 0.5) is 11.5 Å². The fraction of sp³-hybridized carbons (Fsp3) is 0.517. The van der Waals surface area contributed by atoms with Crippen molar-refractivity contribution in [2.45, 2.75) is 58.4 Å². The van der Waals surface area contributed by atoms with Crippen molar-refractivity contribution in [1.29, 1.82) is 0 Å². The summed E-state index contributed by atoms with van der Waals surface area (Å²) in [6.07, 6.45) is 5.14. The van der Waals surface area contributed by atoms with E-state index in [4.69, 9.17) is 10.7 Å². The maximum Gasteiger partial charge on any atom is 0.313 e. The summed E-state index contributed by atoms with van der Waals surface area (Å²) in [5.74, 6) is 0.660. The summed E-state index contributed by atoms with van der Waals surface area (Å²) in [7, 11) is 2.19. The van der Waals surface area contributed by atoms with Crippen LogP contribution in [0.5, 0.6) is 0 Å². The first kappa shape index (κ1) is 26.6. The molecule has 2 saturated heterocycles. The van der Waals surface area contributed by atoms with Crippen molar-refractivity contribution >= 4 is 44.9 Å². The quantitative estimate of drug-likeness (QED) is 0.465. The Balaban J connectivity index is 1.37. The van der Waals surface area contributed by atoms with Gasteiger partial charge >= 0.3 is 11.8 Å². The zero-order valence-electron chi connectivity index (χ0n) is 22.7. The minimum atomic E-state index is -0.647. The van der Waals surface area contributed by atoms with E-state index in [9.17, 15) is 9.59 Å². The molecular weight excluding hydrogens is 496 g/mol. The Labute approximate surface area is 228 Å². The molecule has 2 fully saturated rings. The maximum absolute atomic E-state index is 13.4. The van der Waals surface area contributed by atoms with Crippen LogP contribution in [0.15, 0.2) is 30.5 Å². The number of nitrogen functional groups attached to an aromatic ring is 1. The van der Waals surface area contributed by atoms with Crippen LogP contribution in [0.3, 0.4) is 0 Å². The highest BCUT2D eigenvalue weighted by Crippen LogP contribution is 2.39. The van der Waals surface area contributed by atoms with E-state index in [0.717, 1.165) is 49.0 Å². The number of likely N-dealkylation sites (tertiary alicyclic amines) is 2. The van der Waals surface area contributed by atoms with E-state index < -0.39 is 11.8 Å². The van der Waals surface area contributed by atoms with Crippen molar-refractivity contribution in [3.8, 4) is 0 Å².